The van der Waals surface area contributed by atoms with Crippen LogP contribution in [0.15, 0.2) is 28.2 Å². The van der Waals surface area contributed by atoms with Crippen LogP contribution in [0.2, 0.25) is 0 Å². The van der Waals surface area contributed by atoms with E-state index in [1.54, 1.807) is 13.1 Å². The highest BCUT2D eigenvalue weighted by Gasteiger charge is 2.16. The minimum absolute atomic E-state index is 0.00297. The average molecular weight is 391 g/mol. The Labute approximate surface area is 157 Å². The molecule has 0 atom stereocenters. The minimum atomic E-state index is -0.440. The Morgan fingerprint density at radius 2 is 2.12 bits per heavy atom. The number of ether oxygens (including phenoxy) is 1. The first-order valence-corrected chi connectivity index (χ1v) is 9.54. The van der Waals surface area contributed by atoms with E-state index in [1.807, 2.05) is 13.8 Å². The van der Waals surface area contributed by atoms with E-state index in [1.165, 1.54) is 46.9 Å². The number of methoxy groups -OCH3 is 1. The number of aromatic nitrogens is 2. The van der Waals surface area contributed by atoms with Crippen LogP contribution in [-0.2, 0) is 12.8 Å². The maximum absolute atomic E-state index is 12.7. The number of nitro groups is 1. The Kier molecular flexibility index (Phi) is 5.01. The molecule has 0 aliphatic rings. The SMILES string of the molecule is COc1ccc([N+](=O)[O-])cc1CSc1nc2sc(C)c(C)c2c(=O)n1C. The summed E-state index contributed by atoms with van der Waals surface area (Å²) in [6.07, 6.45) is 0. The van der Waals surface area contributed by atoms with Gasteiger partial charge in [0, 0.05) is 35.4 Å². The standard InChI is InChI=1S/C17H17N3O4S2/c1-9-10(2)26-15-14(9)16(21)19(3)17(18-15)25-8-11-7-12(20(22)23)5-6-13(11)24-4/h5-7H,8H2,1-4H3. The maximum atomic E-state index is 12.7. The Balaban J connectivity index is 1.98. The molecule has 0 bridgehead atoms. The number of non-ortho nitro benzene ring substituents is 1. The van der Waals surface area contributed by atoms with Gasteiger partial charge in [-0.1, -0.05) is 11.8 Å². The number of hydrogen-bond donors (Lipinski definition) is 0. The second-order valence-corrected chi connectivity index (χ2v) is 7.91. The van der Waals surface area contributed by atoms with Crippen LogP contribution in [0.5, 0.6) is 5.75 Å². The maximum Gasteiger partial charge on any atom is 0.270 e. The Morgan fingerprint density at radius 3 is 2.77 bits per heavy atom. The topological polar surface area (TPSA) is 87.3 Å². The van der Waals surface area contributed by atoms with E-state index in [9.17, 15) is 14.9 Å². The number of aryl methyl sites for hydroxylation is 2. The summed E-state index contributed by atoms with van der Waals surface area (Å²) in [6.45, 7) is 3.90. The van der Waals surface area contributed by atoms with Crippen molar-refractivity contribution in [1.82, 2.24) is 9.55 Å². The molecule has 26 heavy (non-hydrogen) atoms. The predicted octanol–water partition coefficient (Wildman–Crippen LogP) is 3.82. The van der Waals surface area contributed by atoms with Gasteiger partial charge in [0.05, 0.1) is 17.4 Å². The Hall–Kier alpha value is -2.39. The van der Waals surface area contributed by atoms with E-state index in [4.69, 9.17) is 4.74 Å². The Bertz CT molecular complexity index is 1070. The van der Waals surface area contributed by atoms with Gasteiger partial charge in [-0.05, 0) is 25.5 Å². The first-order chi connectivity index (χ1) is 12.3. The van der Waals surface area contributed by atoms with Gasteiger partial charge in [0.1, 0.15) is 10.6 Å². The van der Waals surface area contributed by atoms with Crippen molar-refractivity contribution in [3.63, 3.8) is 0 Å². The molecule has 0 aliphatic carbocycles. The number of thioether (sulfide) groups is 1. The molecule has 0 saturated heterocycles. The first-order valence-electron chi connectivity index (χ1n) is 7.74. The number of nitrogens with zero attached hydrogens (tertiary/aromatic N) is 3. The van der Waals surface area contributed by atoms with Crippen molar-refractivity contribution in [2.75, 3.05) is 7.11 Å². The van der Waals surface area contributed by atoms with E-state index in [-0.39, 0.29) is 11.2 Å². The number of nitro benzene ring substituents is 1. The molecule has 2 heterocycles. The average Bonchev–Trinajstić information content (AvgIpc) is 2.90. The van der Waals surface area contributed by atoms with Crippen molar-refractivity contribution in [1.29, 1.82) is 0 Å². The zero-order valence-corrected chi connectivity index (χ0v) is 16.4. The summed E-state index contributed by atoms with van der Waals surface area (Å²) in [7, 11) is 3.21. The van der Waals surface area contributed by atoms with Gasteiger partial charge in [-0.2, -0.15) is 0 Å². The van der Waals surface area contributed by atoms with Crippen LogP contribution in [0.25, 0.3) is 10.2 Å². The molecule has 1 aromatic carbocycles. The second kappa shape index (κ2) is 7.08. The van der Waals surface area contributed by atoms with E-state index in [0.717, 1.165) is 15.3 Å². The zero-order valence-electron chi connectivity index (χ0n) is 14.7. The third kappa shape index (κ3) is 3.19. The van der Waals surface area contributed by atoms with Crippen LogP contribution < -0.4 is 10.3 Å². The summed E-state index contributed by atoms with van der Waals surface area (Å²) in [6, 6.07) is 4.47. The highest BCUT2D eigenvalue weighted by molar-refractivity contribution is 7.98. The third-order valence-electron chi connectivity index (χ3n) is 4.20. The van der Waals surface area contributed by atoms with Crippen molar-refractivity contribution in [3.8, 4) is 5.75 Å². The lowest BCUT2D eigenvalue weighted by atomic mass is 10.2. The van der Waals surface area contributed by atoms with E-state index in [0.29, 0.717) is 27.6 Å². The third-order valence-corrected chi connectivity index (χ3v) is 6.38. The minimum Gasteiger partial charge on any atom is -0.496 e. The highest BCUT2D eigenvalue weighted by atomic mass is 32.2. The smallest absolute Gasteiger partial charge is 0.270 e. The summed E-state index contributed by atoms with van der Waals surface area (Å²) in [5.74, 6) is 0.969. The molecule has 0 radical (unpaired) electrons. The van der Waals surface area contributed by atoms with Gasteiger partial charge in [0.2, 0.25) is 0 Å². The monoisotopic (exact) mass is 391 g/mol. The summed E-state index contributed by atoms with van der Waals surface area (Å²) in [5, 5.41) is 12.2. The molecule has 0 amide bonds. The van der Waals surface area contributed by atoms with E-state index in [2.05, 4.69) is 4.98 Å². The number of thiophene rings is 1. The van der Waals surface area contributed by atoms with Crippen molar-refractivity contribution >= 4 is 39.0 Å². The summed E-state index contributed by atoms with van der Waals surface area (Å²) >= 11 is 2.85. The zero-order chi connectivity index (χ0) is 19.0. The van der Waals surface area contributed by atoms with Crippen LogP contribution in [-0.4, -0.2) is 21.6 Å². The second-order valence-electron chi connectivity index (χ2n) is 5.76. The van der Waals surface area contributed by atoms with Crippen molar-refractivity contribution < 1.29 is 9.66 Å². The lowest BCUT2D eigenvalue weighted by molar-refractivity contribution is -0.384. The normalized spacial score (nSPS) is 11.1. The molecule has 0 aliphatic heterocycles. The number of rotatable bonds is 5. The van der Waals surface area contributed by atoms with Gasteiger partial charge in [-0.15, -0.1) is 11.3 Å². The molecule has 0 saturated carbocycles. The van der Waals surface area contributed by atoms with Crippen LogP contribution in [0.1, 0.15) is 16.0 Å². The van der Waals surface area contributed by atoms with Gasteiger partial charge in [0.15, 0.2) is 5.16 Å². The van der Waals surface area contributed by atoms with Crippen LogP contribution in [0.3, 0.4) is 0 Å². The van der Waals surface area contributed by atoms with Crippen LogP contribution in [0, 0.1) is 24.0 Å². The first kappa shape index (κ1) is 18.4. The van der Waals surface area contributed by atoms with Crippen molar-refractivity contribution in [2.45, 2.75) is 24.8 Å². The fourth-order valence-corrected chi connectivity index (χ4v) is 4.64. The van der Waals surface area contributed by atoms with Crippen LogP contribution >= 0.6 is 23.1 Å². The molecule has 3 rings (SSSR count). The molecule has 0 unspecified atom stereocenters. The molecule has 9 heteroatoms. The fourth-order valence-electron chi connectivity index (χ4n) is 2.62. The molecule has 136 valence electrons. The molecule has 2 aromatic heterocycles. The van der Waals surface area contributed by atoms with Crippen molar-refractivity contribution in [2.24, 2.45) is 7.05 Å². The van der Waals surface area contributed by atoms with E-state index >= 15 is 0 Å². The van der Waals surface area contributed by atoms with Gasteiger partial charge in [0.25, 0.3) is 11.2 Å². The Morgan fingerprint density at radius 1 is 1.38 bits per heavy atom. The lowest BCUT2D eigenvalue weighted by Gasteiger charge is -2.10. The molecule has 7 nitrogen and oxygen atoms in total. The largest absolute Gasteiger partial charge is 0.496 e. The van der Waals surface area contributed by atoms with Gasteiger partial charge in [-0.25, -0.2) is 4.98 Å². The van der Waals surface area contributed by atoms with E-state index < -0.39 is 4.92 Å². The molecule has 3 aromatic rings. The van der Waals surface area contributed by atoms with Gasteiger partial charge < -0.3 is 4.74 Å². The summed E-state index contributed by atoms with van der Waals surface area (Å²) in [4.78, 5) is 29.6. The molecular weight excluding hydrogens is 374 g/mol. The molecular formula is C17H17N3O4S2. The number of hydrogen-bond acceptors (Lipinski definition) is 7. The summed E-state index contributed by atoms with van der Waals surface area (Å²) in [5.41, 5.74) is 1.57. The quantitative estimate of drug-likeness (QED) is 0.284. The van der Waals surface area contributed by atoms with Gasteiger partial charge in [-0.3, -0.25) is 19.5 Å². The van der Waals surface area contributed by atoms with Crippen molar-refractivity contribution in [3.05, 3.63) is 54.7 Å². The fraction of sp³-hybridized carbons (Fsp3) is 0.294. The van der Waals surface area contributed by atoms with Crippen LogP contribution in [0.4, 0.5) is 5.69 Å². The molecule has 0 N–H and O–H groups in total. The molecule has 0 fully saturated rings. The van der Waals surface area contributed by atoms with Gasteiger partial charge >= 0.3 is 0 Å². The summed E-state index contributed by atoms with van der Waals surface area (Å²) < 4.78 is 6.81. The predicted molar refractivity (Wildman–Crippen MR) is 104 cm³/mol. The number of benzene rings is 1. The molecule has 0 spiro atoms. The highest BCUT2D eigenvalue weighted by Crippen LogP contribution is 2.32. The number of fused-ring (bicyclic) bond motifs is 1. The lowest BCUT2D eigenvalue weighted by Crippen LogP contribution is -2.19.